The van der Waals surface area contributed by atoms with E-state index in [1.54, 1.807) is 6.20 Å². The van der Waals surface area contributed by atoms with Crippen LogP contribution in [0.3, 0.4) is 0 Å². The van der Waals surface area contributed by atoms with Gasteiger partial charge in [-0.15, -0.1) is 5.10 Å². The first-order valence-corrected chi connectivity index (χ1v) is 4.70. The van der Waals surface area contributed by atoms with Crippen molar-refractivity contribution in [2.45, 2.75) is 45.6 Å². The van der Waals surface area contributed by atoms with Gasteiger partial charge in [0.2, 0.25) is 0 Å². The van der Waals surface area contributed by atoms with Crippen molar-refractivity contribution < 1.29 is 0 Å². The van der Waals surface area contributed by atoms with Crippen LogP contribution >= 0.6 is 0 Å². The van der Waals surface area contributed by atoms with Gasteiger partial charge in [-0.25, -0.2) is 4.68 Å². The molecule has 68 valence electrons. The van der Waals surface area contributed by atoms with Crippen molar-refractivity contribution in [2.24, 2.45) is 0 Å². The van der Waals surface area contributed by atoms with E-state index < -0.39 is 0 Å². The fourth-order valence-electron chi connectivity index (χ4n) is 1.27. The predicted molar refractivity (Wildman–Crippen MR) is 48.9 cm³/mol. The average Bonchev–Trinajstić information content (AvgIpc) is 2.56. The molecule has 0 saturated heterocycles. The average molecular weight is 167 g/mol. The molecule has 0 amide bonds. The van der Waals surface area contributed by atoms with E-state index in [0.717, 1.165) is 0 Å². The minimum Gasteiger partial charge on any atom is -0.250 e. The zero-order valence-electron chi connectivity index (χ0n) is 7.90. The zero-order valence-corrected chi connectivity index (χ0v) is 7.90. The summed E-state index contributed by atoms with van der Waals surface area (Å²) >= 11 is 0. The monoisotopic (exact) mass is 167 g/mol. The summed E-state index contributed by atoms with van der Waals surface area (Å²) in [6.45, 7) is 4.41. The smallest absolute Gasteiger partial charge is 0.0693 e. The van der Waals surface area contributed by atoms with E-state index in [2.05, 4.69) is 24.2 Å². The lowest BCUT2D eigenvalue weighted by Crippen LogP contribution is -2.05. The van der Waals surface area contributed by atoms with Crippen molar-refractivity contribution in [3.8, 4) is 0 Å². The van der Waals surface area contributed by atoms with Crippen molar-refractivity contribution >= 4 is 0 Å². The molecule has 1 rings (SSSR count). The molecular weight excluding hydrogens is 150 g/mol. The number of rotatable bonds is 5. The Kier molecular flexibility index (Phi) is 3.77. The molecule has 0 bridgehead atoms. The SMILES string of the molecule is CCCCCC(C)n1ccnn1. The Bertz CT molecular complexity index is 194. The van der Waals surface area contributed by atoms with Crippen LogP contribution in [-0.4, -0.2) is 15.0 Å². The minimum atomic E-state index is 0.499. The Morgan fingerprint density at radius 1 is 1.42 bits per heavy atom. The standard InChI is InChI=1S/C9H17N3/c1-3-4-5-6-9(2)12-8-7-10-11-12/h7-9H,3-6H2,1-2H3. The molecule has 3 heteroatoms. The quantitative estimate of drug-likeness (QED) is 0.630. The minimum absolute atomic E-state index is 0.499. The molecule has 0 radical (unpaired) electrons. The second-order valence-corrected chi connectivity index (χ2v) is 3.23. The fraction of sp³-hybridized carbons (Fsp3) is 0.778. The maximum absolute atomic E-state index is 3.96. The van der Waals surface area contributed by atoms with E-state index in [-0.39, 0.29) is 0 Å². The highest BCUT2D eigenvalue weighted by atomic mass is 15.4. The van der Waals surface area contributed by atoms with E-state index in [1.807, 2.05) is 10.9 Å². The van der Waals surface area contributed by atoms with E-state index >= 15 is 0 Å². The van der Waals surface area contributed by atoms with E-state index in [9.17, 15) is 0 Å². The largest absolute Gasteiger partial charge is 0.250 e. The van der Waals surface area contributed by atoms with Gasteiger partial charge in [-0.05, 0) is 13.3 Å². The van der Waals surface area contributed by atoms with Gasteiger partial charge in [0.05, 0.1) is 12.2 Å². The highest BCUT2D eigenvalue weighted by Crippen LogP contribution is 2.12. The summed E-state index contributed by atoms with van der Waals surface area (Å²) in [6.07, 6.45) is 8.75. The summed E-state index contributed by atoms with van der Waals surface area (Å²) in [5.41, 5.74) is 0. The van der Waals surface area contributed by atoms with E-state index in [0.29, 0.717) is 6.04 Å². The molecule has 1 aromatic rings. The van der Waals surface area contributed by atoms with Crippen LogP contribution in [-0.2, 0) is 0 Å². The molecule has 12 heavy (non-hydrogen) atoms. The van der Waals surface area contributed by atoms with E-state index in [4.69, 9.17) is 0 Å². The Morgan fingerprint density at radius 3 is 2.83 bits per heavy atom. The fourth-order valence-corrected chi connectivity index (χ4v) is 1.27. The molecule has 0 aliphatic carbocycles. The summed E-state index contributed by atoms with van der Waals surface area (Å²) in [4.78, 5) is 0. The molecule has 1 unspecified atom stereocenters. The van der Waals surface area contributed by atoms with Gasteiger partial charge in [-0.3, -0.25) is 0 Å². The maximum Gasteiger partial charge on any atom is 0.0693 e. The first-order chi connectivity index (χ1) is 5.84. The lowest BCUT2D eigenvalue weighted by Gasteiger charge is -2.09. The van der Waals surface area contributed by atoms with Crippen molar-refractivity contribution in [3.63, 3.8) is 0 Å². The Balaban J connectivity index is 2.25. The van der Waals surface area contributed by atoms with Gasteiger partial charge >= 0.3 is 0 Å². The zero-order chi connectivity index (χ0) is 8.81. The molecule has 1 aromatic heterocycles. The predicted octanol–water partition coefficient (Wildman–Crippen LogP) is 2.42. The van der Waals surface area contributed by atoms with Crippen molar-refractivity contribution in [1.82, 2.24) is 15.0 Å². The molecule has 0 N–H and O–H groups in total. The second kappa shape index (κ2) is 4.91. The van der Waals surface area contributed by atoms with Gasteiger partial charge in [-0.2, -0.15) is 0 Å². The Morgan fingerprint density at radius 2 is 2.25 bits per heavy atom. The first kappa shape index (κ1) is 9.23. The first-order valence-electron chi connectivity index (χ1n) is 4.70. The van der Waals surface area contributed by atoms with Crippen LogP contribution in [0.25, 0.3) is 0 Å². The van der Waals surface area contributed by atoms with Gasteiger partial charge in [0.15, 0.2) is 0 Å². The van der Waals surface area contributed by atoms with Crippen molar-refractivity contribution in [2.75, 3.05) is 0 Å². The van der Waals surface area contributed by atoms with Crippen LogP contribution in [0.4, 0.5) is 0 Å². The lowest BCUT2D eigenvalue weighted by molar-refractivity contribution is 0.428. The third-order valence-electron chi connectivity index (χ3n) is 2.12. The highest BCUT2D eigenvalue weighted by molar-refractivity contribution is 4.69. The maximum atomic E-state index is 3.96. The number of nitrogens with zero attached hydrogens (tertiary/aromatic N) is 3. The van der Waals surface area contributed by atoms with Crippen LogP contribution in [0.2, 0.25) is 0 Å². The third-order valence-corrected chi connectivity index (χ3v) is 2.12. The summed E-state index contributed by atoms with van der Waals surface area (Å²) in [5.74, 6) is 0. The molecule has 3 nitrogen and oxygen atoms in total. The Hall–Kier alpha value is -0.860. The third kappa shape index (κ3) is 2.64. The Labute approximate surface area is 73.8 Å². The molecule has 1 atom stereocenters. The molecular formula is C9H17N3. The molecule has 0 aliphatic rings. The van der Waals surface area contributed by atoms with Crippen LogP contribution in [0.1, 0.15) is 45.6 Å². The van der Waals surface area contributed by atoms with Crippen molar-refractivity contribution in [3.05, 3.63) is 12.4 Å². The van der Waals surface area contributed by atoms with E-state index in [1.165, 1.54) is 25.7 Å². The molecule has 1 heterocycles. The topological polar surface area (TPSA) is 30.7 Å². The lowest BCUT2D eigenvalue weighted by atomic mass is 10.1. The normalized spacial score (nSPS) is 13.2. The summed E-state index contributed by atoms with van der Waals surface area (Å²) in [5, 5.41) is 7.75. The van der Waals surface area contributed by atoms with Crippen LogP contribution in [0, 0.1) is 0 Å². The number of unbranched alkanes of at least 4 members (excludes halogenated alkanes) is 2. The number of hydrogen-bond acceptors (Lipinski definition) is 2. The summed E-state index contributed by atoms with van der Waals surface area (Å²) in [6, 6.07) is 0.499. The van der Waals surface area contributed by atoms with Crippen LogP contribution in [0.5, 0.6) is 0 Å². The van der Waals surface area contributed by atoms with Crippen LogP contribution in [0.15, 0.2) is 12.4 Å². The van der Waals surface area contributed by atoms with Gasteiger partial charge in [0, 0.05) is 6.20 Å². The second-order valence-electron chi connectivity index (χ2n) is 3.23. The van der Waals surface area contributed by atoms with Gasteiger partial charge < -0.3 is 0 Å². The highest BCUT2D eigenvalue weighted by Gasteiger charge is 2.03. The molecule has 0 fully saturated rings. The summed E-state index contributed by atoms with van der Waals surface area (Å²) in [7, 11) is 0. The van der Waals surface area contributed by atoms with Gasteiger partial charge in [0.25, 0.3) is 0 Å². The summed E-state index contributed by atoms with van der Waals surface area (Å²) < 4.78 is 1.93. The molecule has 0 saturated carbocycles. The number of aromatic nitrogens is 3. The molecule has 0 aromatic carbocycles. The molecule has 0 aliphatic heterocycles. The van der Waals surface area contributed by atoms with Gasteiger partial charge in [-0.1, -0.05) is 31.4 Å². The number of hydrogen-bond donors (Lipinski definition) is 0. The van der Waals surface area contributed by atoms with Gasteiger partial charge in [0.1, 0.15) is 0 Å². The molecule has 0 spiro atoms. The van der Waals surface area contributed by atoms with Crippen LogP contribution < -0.4 is 0 Å². The van der Waals surface area contributed by atoms with Crippen molar-refractivity contribution in [1.29, 1.82) is 0 Å².